The fraction of sp³-hybridized carbons (Fsp3) is 0.111. The lowest BCUT2D eigenvalue weighted by Crippen LogP contribution is -1.93. The summed E-state index contributed by atoms with van der Waals surface area (Å²) in [6, 6.07) is 3.84. The van der Waals surface area contributed by atoms with Gasteiger partial charge >= 0.3 is 0 Å². The Morgan fingerprint density at radius 3 is 2.50 bits per heavy atom. The predicted octanol–water partition coefficient (Wildman–Crippen LogP) is 1.31. The molecule has 0 N–H and O–H groups in total. The van der Waals surface area contributed by atoms with E-state index in [1.165, 1.54) is 0 Å². The Morgan fingerprint density at radius 2 is 1.92 bits per heavy atom. The van der Waals surface area contributed by atoms with E-state index in [0.29, 0.717) is 0 Å². The molecule has 0 fully saturated rings. The normalized spacial score (nSPS) is 15.1. The van der Waals surface area contributed by atoms with E-state index in [1.54, 1.807) is 12.4 Å². The molecule has 1 radical (unpaired) electrons. The Kier molecular flexibility index (Phi) is 1.63. The third-order valence-electron chi connectivity index (χ3n) is 1.64. The molecule has 2 heterocycles. The first-order chi connectivity index (χ1) is 5.86. The van der Waals surface area contributed by atoms with Crippen LogP contribution in [0, 0.1) is 0 Å². The van der Waals surface area contributed by atoms with Crippen LogP contribution in [0.4, 0.5) is 0 Å². The highest BCUT2D eigenvalue weighted by atomic mass is 15.3. The SMILES string of the molecule is CC1=CC(c2ccncc2)=N[N]1. The smallest absolute Gasteiger partial charge is 0.0948 e. The predicted molar refractivity (Wildman–Crippen MR) is 46.7 cm³/mol. The van der Waals surface area contributed by atoms with E-state index >= 15 is 0 Å². The summed E-state index contributed by atoms with van der Waals surface area (Å²) in [5, 5.41) is 4.01. The van der Waals surface area contributed by atoms with Crippen molar-refractivity contribution in [3.05, 3.63) is 41.9 Å². The zero-order chi connectivity index (χ0) is 8.39. The molecule has 1 aromatic rings. The highest BCUT2D eigenvalue weighted by Crippen LogP contribution is 2.08. The maximum absolute atomic E-state index is 4.01. The minimum absolute atomic E-state index is 0.912. The van der Waals surface area contributed by atoms with Gasteiger partial charge in [0.05, 0.1) is 11.4 Å². The molecule has 2 rings (SSSR count). The van der Waals surface area contributed by atoms with Gasteiger partial charge < -0.3 is 0 Å². The summed E-state index contributed by atoms with van der Waals surface area (Å²) in [5.74, 6) is 0. The maximum Gasteiger partial charge on any atom is 0.0948 e. The van der Waals surface area contributed by atoms with Gasteiger partial charge in [0, 0.05) is 18.0 Å². The van der Waals surface area contributed by atoms with Crippen LogP contribution in [0.1, 0.15) is 12.5 Å². The van der Waals surface area contributed by atoms with Crippen molar-refractivity contribution in [1.29, 1.82) is 0 Å². The summed E-state index contributed by atoms with van der Waals surface area (Å²) < 4.78 is 0. The zero-order valence-corrected chi connectivity index (χ0v) is 6.73. The molecule has 0 atom stereocenters. The van der Waals surface area contributed by atoms with Gasteiger partial charge in [-0.25, -0.2) is 0 Å². The minimum atomic E-state index is 0.912. The van der Waals surface area contributed by atoms with Crippen molar-refractivity contribution < 1.29 is 0 Å². The van der Waals surface area contributed by atoms with E-state index in [1.807, 2.05) is 25.1 Å². The molecule has 59 valence electrons. The second kappa shape index (κ2) is 2.77. The monoisotopic (exact) mass is 158 g/mol. The quantitative estimate of drug-likeness (QED) is 0.607. The molecular weight excluding hydrogens is 150 g/mol. The van der Waals surface area contributed by atoms with Crippen LogP contribution in [-0.2, 0) is 0 Å². The maximum atomic E-state index is 4.01. The molecular formula is C9H8N3. The number of pyridine rings is 1. The van der Waals surface area contributed by atoms with Gasteiger partial charge in [0.2, 0.25) is 0 Å². The Morgan fingerprint density at radius 1 is 1.17 bits per heavy atom. The lowest BCUT2D eigenvalue weighted by atomic mass is 10.1. The van der Waals surface area contributed by atoms with Gasteiger partial charge in [-0.1, -0.05) is 0 Å². The van der Waals surface area contributed by atoms with E-state index < -0.39 is 0 Å². The fourth-order valence-electron chi connectivity index (χ4n) is 1.05. The van der Waals surface area contributed by atoms with E-state index in [4.69, 9.17) is 0 Å². The summed E-state index contributed by atoms with van der Waals surface area (Å²) in [6.07, 6.45) is 5.45. The summed E-state index contributed by atoms with van der Waals surface area (Å²) in [4.78, 5) is 3.93. The Bertz CT molecular complexity index is 338. The number of hydrogen-bond acceptors (Lipinski definition) is 2. The summed E-state index contributed by atoms with van der Waals surface area (Å²) in [7, 11) is 0. The van der Waals surface area contributed by atoms with Gasteiger partial charge in [0.25, 0.3) is 0 Å². The summed E-state index contributed by atoms with van der Waals surface area (Å²) in [5.41, 5.74) is 6.84. The molecule has 0 bridgehead atoms. The van der Waals surface area contributed by atoms with Crippen molar-refractivity contribution in [3.8, 4) is 0 Å². The number of rotatable bonds is 1. The van der Waals surface area contributed by atoms with Crippen LogP contribution in [0.5, 0.6) is 0 Å². The highest BCUT2D eigenvalue weighted by Gasteiger charge is 2.06. The topological polar surface area (TPSA) is 39.4 Å². The van der Waals surface area contributed by atoms with E-state index in [-0.39, 0.29) is 0 Å². The Balaban J connectivity index is 2.34. The van der Waals surface area contributed by atoms with Crippen LogP contribution in [-0.4, -0.2) is 10.7 Å². The molecule has 1 aliphatic heterocycles. The van der Waals surface area contributed by atoms with Gasteiger partial charge in [0.15, 0.2) is 0 Å². The third-order valence-corrected chi connectivity index (χ3v) is 1.64. The molecule has 0 aliphatic carbocycles. The van der Waals surface area contributed by atoms with Gasteiger partial charge in [-0.2, -0.15) is 10.5 Å². The molecule has 0 unspecified atom stereocenters. The molecule has 0 saturated carbocycles. The largest absolute Gasteiger partial charge is 0.265 e. The van der Waals surface area contributed by atoms with Crippen LogP contribution in [0.3, 0.4) is 0 Å². The molecule has 0 saturated heterocycles. The van der Waals surface area contributed by atoms with E-state index in [2.05, 4.69) is 15.5 Å². The van der Waals surface area contributed by atoms with Crippen LogP contribution in [0.25, 0.3) is 0 Å². The van der Waals surface area contributed by atoms with Gasteiger partial charge in [-0.15, -0.1) is 0 Å². The molecule has 1 aliphatic rings. The van der Waals surface area contributed by atoms with E-state index in [0.717, 1.165) is 17.0 Å². The van der Waals surface area contributed by atoms with Crippen molar-refractivity contribution in [2.75, 3.05) is 0 Å². The van der Waals surface area contributed by atoms with Gasteiger partial charge in [-0.3, -0.25) is 4.98 Å². The standard InChI is InChI=1S/C9H8N3/c1-7-6-9(12-11-7)8-2-4-10-5-3-8/h2-6H,1H3. The fourth-order valence-corrected chi connectivity index (χ4v) is 1.05. The first kappa shape index (κ1) is 7.03. The van der Waals surface area contributed by atoms with E-state index in [9.17, 15) is 0 Å². The molecule has 0 aromatic carbocycles. The molecule has 12 heavy (non-hydrogen) atoms. The molecule has 1 aromatic heterocycles. The zero-order valence-electron chi connectivity index (χ0n) is 6.73. The van der Waals surface area contributed by atoms with Crippen molar-refractivity contribution in [2.45, 2.75) is 6.92 Å². The second-order valence-corrected chi connectivity index (χ2v) is 2.61. The number of nitrogens with zero attached hydrogens (tertiary/aromatic N) is 3. The summed E-state index contributed by atoms with van der Waals surface area (Å²) in [6.45, 7) is 1.93. The average Bonchev–Trinajstić information content (AvgIpc) is 2.54. The van der Waals surface area contributed by atoms with Crippen LogP contribution >= 0.6 is 0 Å². The molecule has 0 amide bonds. The highest BCUT2D eigenvalue weighted by molar-refractivity contribution is 6.09. The average molecular weight is 158 g/mol. The molecule has 3 nitrogen and oxygen atoms in total. The lowest BCUT2D eigenvalue weighted by Gasteiger charge is -1.93. The first-order valence-corrected chi connectivity index (χ1v) is 3.73. The Labute approximate surface area is 70.8 Å². The van der Waals surface area contributed by atoms with Crippen molar-refractivity contribution in [3.63, 3.8) is 0 Å². The van der Waals surface area contributed by atoms with Crippen molar-refractivity contribution in [2.24, 2.45) is 5.10 Å². The molecule has 0 spiro atoms. The molecule has 3 heteroatoms. The lowest BCUT2D eigenvalue weighted by molar-refractivity contribution is 0.895. The number of hydrogen-bond donors (Lipinski definition) is 0. The number of allylic oxidation sites excluding steroid dienone is 2. The van der Waals surface area contributed by atoms with Crippen LogP contribution in [0.15, 0.2) is 41.4 Å². The minimum Gasteiger partial charge on any atom is -0.265 e. The number of aromatic nitrogens is 1. The summed E-state index contributed by atoms with van der Waals surface area (Å²) >= 11 is 0. The Hall–Kier alpha value is -1.64. The first-order valence-electron chi connectivity index (χ1n) is 3.73. The van der Waals surface area contributed by atoms with Crippen molar-refractivity contribution >= 4 is 5.71 Å². The van der Waals surface area contributed by atoms with Gasteiger partial charge in [0.1, 0.15) is 0 Å². The van der Waals surface area contributed by atoms with Gasteiger partial charge in [-0.05, 0) is 25.1 Å². The van der Waals surface area contributed by atoms with Crippen LogP contribution < -0.4 is 5.43 Å². The third kappa shape index (κ3) is 1.21. The van der Waals surface area contributed by atoms with Crippen LogP contribution in [0.2, 0.25) is 0 Å². The van der Waals surface area contributed by atoms with Crippen molar-refractivity contribution in [1.82, 2.24) is 10.4 Å². The second-order valence-electron chi connectivity index (χ2n) is 2.61.